The van der Waals surface area contributed by atoms with E-state index >= 15 is 4.39 Å². The summed E-state index contributed by atoms with van der Waals surface area (Å²) in [5.74, 6) is 1.26. The molecule has 4 aliphatic carbocycles. The molecule has 8 atom stereocenters. The SMILES string of the molecule is CC(=O)[C@@H]1CC[C@@H]2[C@@H]3C[C@H](F)[C@@]4(O)CC(=O)CC[C@]4(C)[C@@H]3CC[C@]21C. The van der Waals surface area contributed by atoms with Crippen molar-refractivity contribution in [3.63, 3.8) is 0 Å². The molecule has 0 heterocycles. The molecule has 0 amide bonds. The van der Waals surface area contributed by atoms with E-state index in [1.54, 1.807) is 6.92 Å². The van der Waals surface area contributed by atoms with Gasteiger partial charge >= 0.3 is 0 Å². The Labute approximate surface area is 149 Å². The Bertz CT molecular complexity index is 618. The number of alkyl halides is 1. The summed E-state index contributed by atoms with van der Waals surface area (Å²) < 4.78 is 15.3. The number of halogens is 1. The van der Waals surface area contributed by atoms with Crippen LogP contribution in [0.5, 0.6) is 0 Å². The summed E-state index contributed by atoms with van der Waals surface area (Å²) in [5.41, 5.74) is -2.02. The summed E-state index contributed by atoms with van der Waals surface area (Å²) in [4.78, 5) is 24.1. The third-order valence-corrected chi connectivity index (χ3v) is 9.12. The van der Waals surface area contributed by atoms with E-state index in [-0.39, 0.29) is 41.2 Å². The molecule has 1 N–H and O–H groups in total. The number of ketones is 2. The standard InChI is InChI=1S/C21H31FO3/c1-12(23)15-4-5-16-14-10-18(22)21(25)11-13(24)6-9-20(21,3)17(14)7-8-19(15,16)2/h14-18,25H,4-11H2,1-3H3/t14-,15-,16+,17+,18-,19-,20+,21-/m0/s1. The van der Waals surface area contributed by atoms with Gasteiger partial charge in [-0.05, 0) is 68.6 Å². The fourth-order valence-electron chi connectivity index (χ4n) is 7.69. The highest BCUT2D eigenvalue weighted by Gasteiger charge is 2.68. The quantitative estimate of drug-likeness (QED) is 0.781. The zero-order valence-electron chi connectivity index (χ0n) is 15.7. The number of hydrogen-bond acceptors (Lipinski definition) is 3. The highest BCUT2D eigenvalue weighted by atomic mass is 19.1. The molecule has 0 saturated heterocycles. The van der Waals surface area contributed by atoms with Crippen molar-refractivity contribution in [1.29, 1.82) is 0 Å². The van der Waals surface area contributed by atoms with Crippen molar-refractivity contribution < 1.29 is 19.1 Å². The van der Waals surface area contributed by atoms with Gasteiger partial charge in [0.15, 0.2) is 0 Å². The van der Waals surface area contributed by atoms with Gasteiger partial charge in [0.05, 0.1) is 0 Å². The minimum atomic E-state index is -1.49. The molecule has 4 aliphatic rings. The van der Waals surface area contributed by atoms with Crippen LogP contribution >= 0.6 is 0 Å². The summed E-state index contributed by atoms with van der Waals surface area (Å²) in [6.07, 6.45) is 3.93. The smallest absolute Gasteiger partial charge is 0.135 e. The van der Waals surface area contributed by atoms with Crippen LogP contribution in [-0.2, 0) is 9.59 Å². The van der Waals surface area contributed by atoms with Crippen LogP contribution in [0.4, 0.5) is 4.39 Å². The van der Waals surface area contributed by atoms with Crippen molar-refractivity contribution >= 4 is 11.6 Å². The molecule has 0 aromatic heterocycles. The Balaban J connectivity index is 1.71. The highest BCUT2D eigenvalue weighted by molar-refractivity contribution is 5.81. The lowest BCUT2D eigenvalue weighted by Crippen LogP contribution is -2.67. The number of hydrogen-bond donors (Lipinski definition) is 1. The van der Waals surface area contributed by atoms with Gasteiger partial charge in [0.2, 0.25) is 0 Å². The Morgan fingerprint density at radius 1 is 1.16 bits per heavy atom. The van der Waals surface area contributed by atoms with Gasteiger partial charge in [-0.1, -0.05) is 13.8 Å². The molecule has 4 rings (SSSR count). The molecule has 0 bridgehead atoms. The van der Waals surface area contributed by atoms with E-state index in [2.05, 4.69) is 6.92 Å². The van der Waals surface area contributed by atoms with E-state index in [9.17, 15) is 14.7 Å². The molecule has 3 nitrogen and oxygen atoms in total. The molecule has 4 saturated carbocycles. The largest absolute Gasteiger partial charge is 0.386 e. The summed E-state index contributed by atoms with van der Waals surface area (Å²) in [6, 6.07) is 0. The number of fused-ring (bicyclic) bond motifs is 5. The molecule has 140 valence electrons. The number of Topliss-reactive ketones (excluding diaryl/α,β-unsaturated/α-hetero) is 2. The van der Waals surface area contributed by atoms with Crippen LogP contribution < -0.4 is 0 Å². The summed E-state index contributed by atoms with van der Waals surface area (Å²) >= 11 is 0. The Kier molecular flexibility index (Phi) is 3.79. The Hall–Kier alpha value is -0.770. The van der Waals surface area contributed by atoms with Crippen LogP contribution in [0.1, 0.15) is 72.1 Å². The van der Waals surface area contributed by atoms with Gasteiger partial charge in [-0.3, -0.25) is 9.59 Å². The molecule has 4 fully saturated rings. The molecule has 0 aromatic rings. The first kappa shape index (κ1) is 17.6. The van der Waals surface area contributed by atoms with Crippen molar-refractivity contribution in [3.8, 4) is 0 Å². The van der Waals surface area contributed by atoms with E-state index in [0.29, 0.717) is 25.2 Å². The zero-order valence-corrected chi connectivity index (χ0v) is 15.7. The lowest BCUT2D eigenvalue weighted by molar-refractivity contribution is -0.232. The van der Waals surface area contributed by atoms with Gasteiger partial charge in [-0.25, -0.2) is 4.39 Å². The van der Waals surface area contributed by atoms with Crippen LogP contribution in [-0.4, -0.2) is 28.4 Å². The van der Waals surface area contributed by atoms with Crippen molar-refractivity contribution in [1.82, 2.24) is 0 Å². The van der Waals surface area contributed by atoms with Gasteiger partial charge in [-0.15, -0.1) is 0 Å². The van der Waals surface area contributed by atoms with Gasteiger partial charge < -0.3 is 5.11 Å². The molecule has 0 aliphatic heterocycles. The number of aliphatic hydroxyl groups is 1. The zero-order chi connectivity index (χ0) is 18.2. The maximum atomic E-state index is 15.3. The molecule has 0 spiro atoms. The Morgan fingerprint density at radius 2 is 1.88 bits per heavy atom. The maximum Gasteiger partial charge on any atom is 0.135 e. The van der Waals surface area contributed by atoms with Crippen LogP contribution in [0.15, 0.2) is 0 Å². The average Bonchev–Trinajstić information content (AvgIpc) is 2.88. The molecular formula is C21H31FO3. The lowest BCUT2D eigenvalue weighted by Gasteiger charge is -2.63. The second-order valence-corrected chi connectivity index (χ2v) is 9.92. The highest BCUT2D eigenvalue weighted by Crippen LogP contribution is 2.68. The molecule has 0 radical (unpaired) electrons. The fraction of sp³-hybridized carbons (Fsp3) is 0.905. The normalized spacial score (nSPS) is 55.2. The van der Waals surface area contributed by atoms with E-state index in [4.69, 9.17) is 0 Å². The lowest BCUT2D eigenvalue weighted by atomic mass is 9.43. The summed E-state index contributed by atoms with van der Waals surface area (Å²) in [7, 11) is 0. The first-order valence-corrected chi connectivity index (χ1v) is 10.0. The van der Waals surface area contributed by atoms with Crippen LogP contribution in [0.2, 0.25) is 0 Å². The minimum Gasteiger partial charge on any atom is -0.386 e. The monoisotopic (exact) mass is 350 g/mol. The fourth-order valence-corrected chi connectivity index (χ4v) is 7.69. The first-order valence-electron chi connectivity index (χ1n) is 10.0. The number of carbonyl (C=O) groups excluding carboxylic acids is 2. The predicted octanol–water partition coefficient (Wildman–Crippen LogP) is 3.87. The van der Waals surface area contributed by atoms with Gasteiger partial charge in [-0.2, -0.15) is 0 Å². The third-order valence-electron chi connectivity index (χ3n) is 9.12. The molecule has 0 aromatic carbocycles. The number of rotatable bonds is 1. The van der Waals surface area contributed by atoms with E-state index < -0.39 is 17.2 Å². The minimum absolute atomic E-state index is 0.000710. The Morgan fingerprint density at radius 3 is 2.56 bits per heavy atom. The predicted molar refractivity (Wildman–Crippen MR) is 92.6 cm³/mol. The first-order chi connectivity index (χ1) is 11.6. The third kappa shape index (κ3) is 2.12. The van der Waals surface area contributed by atoms with Crippen molar-refractivity contribution in [3.05, 3.63) is 0 Å². The maximum absolute atomic E-state index is 15.3. The van der Waals surface area contributed by atoms with Gasteiger partial charge in [0.25, 0.3) is 0 Å². The van der Waals surface area contributed by atoms with Gasteiger partial charge in [0.1, 0.15) is 23.3 Å². The molecule has 4 heteroatoms. The van der Waals surface area contributed by atoms with Crippen molar-refractivity contribution in [2.75, 3.05) is 0 Å². The second kappa shape index (κ2) is 5.37. The van der Waals surface area contributed by atoms with Crippen LogP contribution in [0.25, 0.3) is 0 Å². The summed E-state index contributed by atoms with van der Waals surface area (Å²) in [6.45, 7) is 5.98. The summed E-state index contributed by atoms with van der Waals surface area (Å²) in [5, 5.41) is 11.2. The van der Waals surface area contributed by atoms with Crippen LogP contribution in [0, 0.1) is 34.5 Å². The van der Waals surface area contributed by atoms with Crippen LogP contribution in [0.3, 0.4) is 0 Å². The average molecular weight is 350 g/mol. The molecular weight excluding hydrogens is 319 g/mol. The number of carbonyl (C=O) groups is 2. The van der Waals surface area contributed by atoms with E-state index in [1.807, 2.05) is 6.92 Å². The van der Waals surface area contributed by atoms with E-state index in [0.717, 1.165) is 25.7 Å². The van der Waals surface area contributed by atoms with Gasteiger partial charge in [0, 0.05) is 24.2 Å². The van der Waals surface area contributed by atoms with Crippen molar-refractivity contribution in [2.45, 2.75) is 83.9 Å². The van der Waals surface area contributed by atoms with E-state index in [1.165, 1.54) is 0 Å². The topological polar surface area (TPSA) is 54.4 Å². The molecule has 25 heavy (non-hydrogen) atoms. The molecule has 0 unspecified atom stereocenters. The second-order valence-electron chi connectivity index (χ2n) is 9.92. The van der Waals surface area contributed by atoms with Crippen molar-refractivity contribution in [2.24, 2.45) is 34.5 Å².